The van der Waals surface area contributed by atoms with Crippen LogP contribution in [0.5, 0.6) is 0 Å². The van der Waals surface area contributed by atoms with Gasteiger partial charge < -0.3 is 9.47 Å². The molecule has 0 radical (unpaired) electrons. The molecule has 0 rings (SSSR count). The van der Waals surface area contributed by atoms with Gasteiger partial charge in [-0.3, -0.25) is 9.59 Å². The first-order chi connectivity index (χ1) is 7.63. The van der Waals surface area contributed by atoms with Crippen LogP contribution in [0.3, 0.4) is 0 Å². The number of hydrogen-bond acceptors (Lipinski definition) is 4. The van der Waals surface area contributed by atoms with Crippen LogP contribution in [0.2, 0.25) is 0 Å². The third-order valence-electron chi connectivity index (χ3n) is 2.07. The van der Waals surface area contributed by atoms with E-state index in [2.05, 4.69) is 0 Å². The highest BCUT2D eigenvalue weighted by Gasteiger charge is 2.16. The van der Waals surface area contributed by atoms with Crippen molar-refractivity contribution in [3.05, 3.63) is 0 Å². The van der Waals surface area contributed by atoms with Crippen molar-refractivity contribution in [3.8, 4) is 0 Å². The summed E-state index contributed by atoms with van der Waals surface area (Å²) in [5.74, 6) is -0.532. The van der Waals surface area contributed by atoms with Gasteiger partial charge in [0.2, 0.25) is 0 Å². The summed E-state index contributed by atoms with van der Waals surface area (Å²) in [7, 11) is 0. The zero-order valence-corrected chi connectivity index (χ0v) is 10.5. The van der Waals surface area contributed by atoms with Crippen molar-refractivity contribution < 1.29 is 19.1 Å². The lowest BCUT2D eigenvalue weighted by atomic mass is 10.2. The lowest BCUT2D eigenvalue weighted by Crippen LogP contribution is -2.22. The number of esters is 2. The van der Waals surface area contributed by atoms with E-state index in [1.54, 1.807) is 0 Å². The average Bonchev–Trinajstić information content (AvgIpc) is 2.25. The van der Waals surface area contributed by atoms with Crippen LogP contribution in [-0.2, 0) is 19.1 Å². The molecule has 0 aliphatic heterocycles. The van der Waals surface area contributed by atoms with Gasteiger partial charge in [-0.1, -0.05) is 20.8 Å². The van der Waals surface area contributed by atoms with Gasteiger partial charge in [-0.15, -0.1) is 0 Å². The number of carbonyl (C=O) groups is 2. The highest BCUT2D eigenvalue weighted by molar-refractivity contribution is 5.72. The second-order valence-corrected chi connectivity index (χ2v) is 3.69. The minimum atomic E-state index is -0.344. The number of ether oxygens (including phenoxy) is 2. The summed E-state index contributed by atoms with van der Waals surface area (Å²) in [4.78, 5) is 22.5. The highest BCUT2D eigenvalue weighted by atomic mass is 16.6. The predicted molar refractivity (Wildman–Crippen MR) is 60.9 cm³/mol. The summed E-state index contributed by atoms with van der Waals surface area (Å²) in [6.45, 7) is 6.17. The summed E-state index contributed by atoms with van der Waals surface area (Å²) in [5, 5.41) is 0. The molecule has 0 saturated carbocycles. The number of hydrogen-bond donors (Lipinski definition) is 0. The van der Waals surface area contributed by atoms with E-state index >= 15 is 0 Å². The topological polar surface area (TPSA) is 52.6 Å². The largest absolute Gasteiger partial charge is 0.466 e. The zero-order chi connectivity index (χ0) is 12.4. The maximum absolute atomic E-state index is 11.3. The molecule has 0 bridgehead atoms. The van der Waals surface area contributed by atoms with Crippen LogP contribution < -0.4 is 0 Å². The van der Waals surface area contributed by atoms with Gasteiger partial charge in [-0.2, -0.15) is 0 Å². The SMILES string of the molecule is CCCOC(=O)CC(CC)OC(=O)CCC. The van der Waals surface area contributed by atoms with E-state index in [-0.39, 0.29) is 24.5 Å². The first kappa shape index (κ1) is 14.9. The molecule has 0 aliphatic carbocycles. The van der Waals surface area contributed by atoms with Gasteiger partial charge in [0.05, 0.1) is 13.0 Å². The summed E-state index contributed by atoms with van der Waals surface area (Å²) in [5.41, 5.74) is 0. The second kappa shape index (κ2) is 9.19. The molecule has 0 amide bonds. The number of carbonyl (C=O) groups excluding carboxylic acids is 2. The Hall–Kier alpha value is -1.06. The van der Waals surface area contributed by atoms with E-state index < -0.39 is 0 Å². The molecule has 1 atom stereocenters. The van der Waals surface area contributed by atoms with Crippen LogP contribution in [0.15, 0.2) is 0 Å². The van der Waals surface area contributed by atoms with Crippen LogP contribution in [-0.4, -0.2) is 24.6 Å². The molecule has 0 aromatic carbocycles. The van der Waals surface area contributed by atoms with E-state index in [9.17, 15) is 9.59 Å². The summed E-state index contributed by atoms with van der Waals surface area (Å²) >= 11 is 0. The van der Waals surface area contributed by atoms with E-state index in [1.165, 1.54) is 0 Å². The predicted octanol–water partition coefficient (Wildman–Crippen LogP) is 2.45. The molecule has 16 heavy (non-hydrogen) atoms. The van der Waals surface area contributed by atoms with Crippen molar-refractivity contribution in [1.29, 1.82) is 0 Å². The maximum atomic E-state index is 11.3. The van der Waals surface area contributed by atoms with Crippen molar-refractivity contribution in [3.63, 3.8) is 0 Å². The molecule has 0 heterocycles. The smallest absolute Gasteiger partial charge is 0.309 e. The first-order valence-corrected chi connectivity index (χ1v) is 5.99. The molecule has 1 unspecified atom stereocenters. The Kier molecular flexibility index (Phi) is 8.58. The molecule has 4 heteroatoms. The van der Waals surface area contributed by atoms with Gasteiger partial charge >= 0.3 is 11.9 Å². The number of rotatable bonds is 8. The second-order valence-electron chi connectivity index (χ2n) is 3.69. The minimum absolute atomic E-state index is 0.159. The van der Waals surface area contributed by atoms with Gasteiger partial charge in [0.1, 0.15) is 6.10 Å². The van der Waals surface area contributed by atoms with Gasteiger partial charge in [-0.05, 0) is 19.3 Å². The van der Waals surface area contributed by atoms with Crippen LogP contribution in [0.1, 0.15) is 52.9 Å². The van der Waals surface area contributed by atoms with Crippen LogP contribution >= 0.6 is 0 Å². The summed E-state index contributed by atoms with van der Waals surface area (Å²) in [6.07, 6.45) is 2.42. The lowest BCUT2D eigenvalue weighted by molar-refractivity contribution is -0.155. The van der Waals surface area contributed by atoms with E-state index in [4.69, 9.17) is 9.47 Å². The molecular formula is C12H22O4. The fourth-order valence-electron chi connectivity index (χ4n) is 1.18. The molecule has 0 aromatic rings. The Morgan fingerprint density at radius 1 is 1.06 bits per heavy atom. The average molecular weight is 230 g/mol. The van der Waals surface area contributed by atoms with Gasteiger partial charge in [0, 0.05) is 6.42 Å². The Labute approximate surface area is 97.3 Å². The van der Waals surface area contributed by atoms with Crippen molar-refractivity contribution in [2.24, 2.45) is 0 Å². The molecule has 0 N–H and O–H groups in total. The van der Waals surface area contributed by atoms with Crippen LogP contribution in [0, 0.1) is 0 Å². The van der Waals surface area contributed by atoms with Gasteiger partial charge in [-0.25, -0.2) is 0 Å². The Morgan fingerprint density at radius 2 is 1.75 bits per heavy atom. The Balaban J connectivity index is 3.90. The standard InChI is InChI=1S/C12H22O4/c1-4-7-11(13)16-10(6-3)9-12(14)15-8-5-2/h10H,4-9H2,1-3H3. The normalized spacial score (nSPS) is 11.9. The van der Waals surface area contributed by atoms with Crippen molar-refractivity contribution >= 4 is 11.9 Å². The highest BCUT2D eigenvalue weighted by Crippen LogP contribution is 2.07. The monoisotopic (exact) mass is 230 g/mol. The molecular weight excluding hydrogens is 208 g/mol. The Morgan fingerprint density at radius 3 is 2.25 bits per heavy atom. The Bertz CT molecular complexity index is 213. The quantitative estimate of drug-likeness (QED) is 0.601. The summed E-state index contributed by atoms with van der Waals surface area (Å²) in [6, 6.07) is 0. The third-order valence-corrected chi connectivity index (χ3v) is 2.07. The third kappa shape index (κ3) is 7.26. The van der Waals surface area contributed by atoms with Crippen molar-refractivity contribution in [1.82, 2.24) is 0 Å². The summed E-state index contributed by atoms with van der Waals surface area (Å²) < 4.78 is 10.1. The van der Waals surface area contributed by atoms with Crippen molar-refractivity contribution in [2.45, 2.75) is 59.0 Å². The van der Waals surface area contributed by atoms with Crippen molar-refractivity contribution in [2.75, 3.05) is 6.61 Å². The lowest BCUT2D eigenvalue weighted by Gasteiger charge is -2.15. The van der Waals surface area contributed by atoms with Gasteiger partial charge in [0.15, 0.2) is 0 Å². The van der Waals surface area contributed by atoms with E-state index in [0.29, 0.717) is 19.4 Å². The first-order valence-electron chi connectivity index (χ1n) is 5.99. The zero-order valence-electron chi connectivity index (χ0n) is 10.5. The van der Waals surface area contributed by atoms with Crippen LogP contribution in [0.4, 0.5) is 0 Å². The fraction of sp³-hybridized carbons (Fsp3) is 0.833. The molecule has 0 aliphatic rings. The molecule has 0 fully saturated rings. The molecule has 0 aromatic heterocycles. The fourth-order valence-corrected chi connectivity index (χ4v) is 1.18. The van der Waals surface area contributed by atoms with Gasteiger partial charge in [0.25, 0.3) is 0 Å². The molecule has 0 saturated heterocycles. The molecule has 0 spiro atoms. The van der Waals surface area contributed by atoms with E-state index in [0.717, 1.165) is 12.8 Å². The minimum Gasteiger partial charge on any atom is -0.466 e. The van der Waals surface area contributed by atoms with E-state index in [1.807, 2.05) is 20.8 Å². The van der Waals surface area contributed by atoms with Crippen LogP contribution in [0.25, 0.3) is 0 Å². The molecule has 94 valence electrons. The maximum Gasteiger partial charge on any atom is 0.309 e. The molecule has 4 nitrogen and oxygen atoms in total.